The lowest BCUT2D eigenvalue weighted by atomic mass is 9.77. The number of hydrogen-bond acceptors (Lipinski definition) is 1. The monoisotopic (exact) mass is 267 g/mol. The van der Waals surface area contributed by atoms with Crippen LogP contribution in [0.2, 0.25) is 0 Å². The minimum Gasteiger partial charge on any atom is -0.356 e. The largest absolute Gasteiger partial charge is 0.356 e. The van der Waals surface area contributed by atoms with Crippen molar-refractivity contribution in [2.75, 3.05) is 11.9 Å². The van der Waals surface area contributed by atoms with E-state index in [-0.39, 0.29) is 11.8 Å². The van der Waals surface area contributed by atoms with Crippen LogP contribution in [-0.4, -0.2) is 17.8 Å². The van der Waals surface area contributed by atoms with Crippen molar-refractivity contribution in [3.8, 4) is 0 Å². The predicted molar refractivity (Wildman–Crippen MR) is 64.3 cm³/mol. The van der Waals surface area contributed by atoms with Gasteiger partial charge in [-0.05, 0) is 24.0 Å². The molecule has 0 radical (unpaired) electrons. The third-order valence-electron chi connectivity index (χ3n) is 2.78. The Morgan fingerprint density at radius 2 is 2.27 bits per heavy atom. The highest BCUT2D eigenvalue weighted by atomic mass is 79.9. The van der Waals surface area contributed by atoms with Crippen molar-refractivity contribution in [1.82, 2.24) is 5.32 Å². The van der Waals surface area contributed by atoms with Gasteiger partial charge in [-0.2, -0.15) is 0 Å². The molecule has 1 unspecified atom stereocenters. The van der Waals surface area contributed by atoms with Gasteiger partial charge in [-0.25, -0.2) is 0 Å². The summed E-state index contributed by atoms with van der Waals surface area (Å²) in [6.07, 6.45) is 1.89. The highest BCUT2D eigenvalue weighted by molar-refractivity contribution is 9.09. The molecular weight excluding hydrogens is 254 g/mol. The van der Waals surface area contributed by atoms with Crippen molar-refractivity contribution < 1.29 is 4.79 Å². The summed E-state index contributed by atoms with van der Waals surface area (Å²) < 4.78 is 0. The molecular formula is C12H14BrNO. The molecule has 80 valence electrons. The van der Waals surface area contributed by atoms with Crippen LogP contribution in [0.15, 0.2) is 24.3 Å². The molecule has 0 fully saturated rings. The summed E-state index contributed by atoms with van der Waals surface area (Å²) in [6.45, 7) is 0.767. The molecule has 0 saturated heterocycles. The van der Waals surface area contributed by atoms with E-state index >= 15 is 0 Å². The van der Waals surface area contributed by atoms with Crippen LogP contribution in [0.25, 0.3) is 0 Å². The molecule has 1 aromatic rings. The van der Waals surface area contributed by atoms with Gasteiger partial charge in [-0.15, -0.1) is 0 Å². The van der Waals surface area contributed by atoms with Gasteiger partial charge in [0.15, 0.2) is 0 Å². The van der Waals surface area contributed by atoms with Crippen molar-refractivity contribution >= 4 is 21.8 Å². The molecule has 0 aliphatic heterocycles. The van der Waals surface area contributed by atoms with Gasteiger partial charge in [-0.1, -0.05) is 40.2 Å². The van der Waals surface area contributed by atoms with Gasteiger partial charge in [0, 0.05) is 11.9 Å². The molecule has 0 aromatic heterocycles. The van der Waals surface area contributed by atoms with Crippen molar-refractivity contribution in [2.45, 2.75) is 18.8 Å². The molecule has 15 heavy (non-hydrogen) atoms. The molecule has 1 aromatic carbocycles. The smallest absolute Gasteiger partial charge is 0.227 e. The Labute approximate surface area is 98.2 Å². The molecule has 2 nitrogen and oxygen atoms in total. The quantitative estimate of drug-likeness (QED) is 0.658. The molecule has 1 N–H and O–H groups in total. The maximum atomic E-state index is 11.7. The Morgan fingerprint density at radius 3 is 3.00 bits per heavy atom. The number of nitrogens with one attached hydrogen (secondary N) is 1. The summed E-state index contributed by atoms with van der Waals surface area (Å²) in [7, 11) is 0. The van der Waals surface area contributed by atoms with E-state index in [4.69, 9.17) is 0 Å². The lowest BCUT2D eigenvalue weighted by Crippen LogP contribution is -2.35. The summed E-state index contributed by atoms with van der Waals surface area (Å²) in [4.78, 5) is 11.7. The number of fused-ring (bicyclic) bond motifs is 1. The van der Waals surface area contributed by atoms with Gasteiger partial charge in [-0.3, -0.25) is 4.79 Å². The normalized spacial score (nSPS) is 17.8. The Morgan fingerprint density at radius 1 is 1.47 bits per heavy atom. The SMILES string of the molecule is O=C(NCCCBr)C1Cc2ccccc21. The highest BCUT2D eigenvalue weighted by Crippen LogP contribution is 2.34. The molecule has 1 atom stereocenters. The standard InChI is InChI=1S/C12H14BrNO/c13-6-3-7-14-12(15)11-8-9-4-1-2-5-10(9)11/h1-2,4-5,11H,3,6-8H2,(H,14,15). The lowest BCUT2D eigenvalue weighted by molar-refractivity contribution is -0.123. The van der Waals surface area contributed by atoms with Crippen molar-refractivity contribution in [3.05, 3.63) is 35.4 Å². The van der Waals surface area contributed by atoms with Crippen LogP contribution in [0.1, 0.15) is 23.5 Å². The van der Waals surface area contributed by atoms with Crippen LogP contribution >= 0.6 is 15.9 Å². The van der Waals surface area contributed by atoms with Gasteiger partial charge in [0.25, 0.3) is 0 Å². The van der Waals surface area contributed by atoms with Crippen LogP contribution in [0.3, 0.4) is 0 Å². The van der Waals surface area contributed by atoms with Gasteiger partial charge < -0.3 is 5.32 Å². The molecule has 0 heterocycles. The van der Waals surface area contributed by atoms with Gasteiger partial charge in [0.05, 0.1) is 5.92 Å². The van der Waals surface area contributed by atoms with E-state index in [1.165, 1.54) is 11.1 Å². The second kappa shape index (κ2) is 4.79. The molecule has 0 saturated carbocycles. The first kappa shape index (κ1) is 10.7. The summed E-state index contributed by atoms with van der Waals surface area (Å²) in [5.41, 5.74) is 2.52. The first-order chi connectivity index (χ1) is 7.33. The number of amides is 1. The van der Waals surface area contributed by atoms with E-state index in [2.05, 4.69) is 27.3 Å². The van der Waals surface area contributed by atoms with Gasteiger partial charge in [0.2, 0.25) is 5.91 Å². The molecule has 3 heteroatoms. The third kappa shape index (κ3) is 2.23. The van der Waals surface area contributed by atoms with Crippen LogP contribution in [0.5, 0.6) is 0 Å². The Hall–Kier alpha value is -0.830. The van der Waals surface area contributed by atoms with Crippen LogP contribution in [-0.2, 0) is 11.2 Å². The summed E-state index contributed by atoms with van der Waals surface area (Å²) in [5.74, 6) is 0.270. The summed E-state index contributed by atoms with van der Waals surface area (Å²) >= 11 is 3.34. The maximum absolute atomic E-state index is 11.7. The van der Waals surface area contributed by atoms with Gasteiger partial charge >= 0.3 is 0 Å². The first-order valence-electron chi connectivity index (χ1n) is 5.24. The summed E-state index contributed by atoms with van der Waals surface area (Å²) in [5, 5.41) is 3.90. The third-order valence-corrected chi connectivity index (χ3v) is 3.34. The van der Waals surface area contributed by atoms with Crippen molar-refractivity contribution in [3.63, 3.8) is 0 Å². The maximum Gasteiger partial charge on any atom is 0.227 e. The average molecular weight is 268 g/mol. The fourth-order valence-electron chi connectivity index (χ4n) is 1.89. The second-order valence-corrected chi connectivity index (χ2v) is 4.58. The van der Waals surface area contributed by atoms with E-state index < -0.39 is 0 Å². The minimum atomic E-state index is 0.0940. The Kier molecular flexibility index (Phi) is 3.41. The number of halogens is 1. The Bertz CT molecular complexity index is 364. The van der Waals surface area contributed by atoms with E-state index in [0.29, 0.717) is 0 Å². The van der Waals surface area contributed by atoms with Crippen LogP contribution < -0.4 is 5.32 Å². The van der Waals surface area contributed by atoms with E-state index in [9.17, 15) is 4.79 Å². The molecule has 0 bridgehead atoms. The zero-order valence-corrected chi connectivity index (χ0v) is 10.1. The molecule has 2 rings (SSSR count). The fraction of sp³-hybridized carbons (Fsp3) is 0.417. The molecule has 1 aliphatic rings. The predicted octanol–water partition coefficient (Wildman–Crippen LogP) is 2.23. The molecule has 1 aliphatic carbocycles. The number of benzene rings is 1. The topological polar surface area (TPSA) is 29.1 Å². The number of hydrogen-bond donors (Lipinski definition) is 1. The minimum absolute atomic E-state index is 0.0940. The zero-order chi connectivity index (χ0) is 10.7. The number of carbonyl (C=O) groups excluding carboxylic acids is 1. The Balaban J connectivity index is 1.90. The van der Waals surface area contributed by atoms with Crippen molar-refractivity contribution in [2.24, 2.45) is 0 Å². The number of carbonyl (C=O) groups is 1. The first-order valence-corrected chi connectivity index (χ1v) is 6.36. The molecule has 1 amide bonds. The molecule has 0 spiro atoms. The van der Waals surface area contributed by atoms with E-state index in [0.717, 1.165) is 24.7 Å². The zero-order valence-electron chi connectivity index (χ0n) is 8.50. The lowest BCUT2D eigenvalue weighted by Gasteiger charge is -2.28. The summed E-state index contributed by atoms with van der Waals surface area (Å²) in [6, 6.07) is 8.17. The number of rotatable bonds is 4. The van der Waals surface area contributed by atoms with Crippen molar-refractivity contribution in [1.29, 1.82) is 0 Å². The van der Waals surface area contributed by atoms with Gasteiger partial charge in [0.1, 0.15) is 0 Å². The van der Waals surface area contributed by atoms with Crippen LogP contribution in [0.4, 0.5) is 0 Å². The second-order valence-electron chi connectivity index (χ2n) is 3.79. The van der Waals surface area contributed by atoms with Crippen LogP contribution in [0, 0.1) is 0 Å². The average Bonchev–Trinajstić information content (AvgIpc) is 2.20. The highest BCUT2D eigenvalue weighted by Gasteiger charge is 2.31. The van der Waals surface area contributed by atoms with E-state index in [1.807, 2.05) is 18.2 Å². The van der Waals surface area contributed by atoms with E-state index in [1.54, 1.807) is 0 Å². The fourth-order valence-corrected chi connectivity index (χ4v) is 2.17. The number of alkyl halides is 1.